The van der Waals surface area contributed by atoms with Gasteiger partial charge in [0.15, 0.2) is 0 Å². The summed E-state index contributed by atoms with van der Waals surface area (Å²) in [6, 6.07) is 20.4. The molecule has 0 saturated carbocycles. The summed E-state index contributed by atoms with van der Waals surface area (Å²) in [7, 11) is 0. The molecule has 8 heteroatoms. The third-order valence-electron chi connectivity index (χ3n) is 5.22. The van der Waals surface area contributed by atoms with Crippen LogP contribution in [-0.4, -0.2) is 36.1 Å². The Kier molecular flexibility index (Phi) is 9.84. The van der Waals surface area contributed by atoms with Crippen molar-refractivity contribution >= 4 is 40.3 Å². The molecule has 1 atom stereocenters. The van der Waals surface area contributed by atoms with E-state index in [1.807, 2.05) is 48.5 Å². The molecule has 3 rings (SSSR count). The predicted molar refractivity (Wildman–Crippen MR) is 141 cm³/mol. The van der Waals surface area contributed by atoms with Gasteiger partial charge < -0.3 is 15.8 Å². The predicted octanol–water partition coefficient (Wildman–Crippen LogP) is 3.50. The number of rotatable bonds is 11. The van der Waals surface area contributed by atoms with E-state index in [-0.39, 0.29) is 25.0 Å². The van der Waals surface area contributed by atoms with E-state index in [0.717, 1.165) is 33.2 Å². The number of aryl methyl sites for hydroxylation is 2. The second-order valence-electron chi connectivity index (χ2n) is 7.77. The maximum Gasteiger partial charge on any atom is 0.324 e. The topological polar surface area (TPSA) is 106 Å². The molecular weight excluding hydrogens is 543 g/mol. The van der Waals surface area contributed by atoms with Crippen LogP contribution in [0, 0.1) is 3.57 Å². The van der Waals surface area contributed by atoms with E-state index >= 15 is 0 Å². The van der Waals surface area contributed by atoms with E-state index in [1.165, 1.54) is 0 Å². The lowest BCUT2D eigenvalue weighted by atomic mass is 10.1. The standard InChI is InChI=1S/C26H29IN4O3/c1-2-34-26(33)23(29-16-19-8-13-21(27)14-9-19)17-30-25(32)20-11-6-18(7-12-20)10-15-22-4-3-5-24(28)31-22/h3-9,11-14,23,29H,2,10,15-17H2,1H3,(H2,28,31)(H,30,32). The molecule has 0 fully saturated rings. The van der Waals surface area contributed by atoms with E-state index in [4.69, 9.17) is 10.5 Å². The van der Waals surface area contributed by atoms with Gasteiger partial charge in [-0.15, -0.1) is 0 Å². The minimum atomic E-state index is -0.645. The zero-order chi connectivity index (χ0) is 24.3. The lowest BCUT2D eigenvalue weighted by Gasteiger charge is -2.18. The molecule has 1 heterocycles. The van der Waals surface area contributed by atoms with Crippen molar-refractivity contribution in [3.05, 3.63) is 92.7 Å². The van der Waals surface area contributed by atoms with E-state index in [9.17, 15) is 9.59 Å². The number of halogens is 1. The first-order valence-corrected chi connectivity index (χ1v) is 12.3. The lowest BCUT2D eigenvalue weighted by molar-refractivity contribution is -0.145. The summed E-state index contributed by atoms with van der Waals surface area (Å²) in [4.78, 5) is 29.3. The Balaban J connectivity index is 1.53. The molecule has 3 aromatic rings. The average Bonchev–Trinajstić information content (AvgIpc) is 2.84. The van der Waals surface area contributed by atoms with Gasteiger partial charge in [0, 0.05) is 27.9 Å². The first kappa shape index (κ1) is 25.6. The van der Waals surface area contributed by atoms with Gasteiger partial charge in [0.25, 0.3) is 5.91 Å². The van der Waals surface area contributed by atoms with Crippen molar-refractivity contribution in [1.82, 2.24) is 15.6 Å². The summed E-state index contributed by atoms with van der Waals surface area (Å²) in [5.41, 5.74) is 9.35. The minimum Gasteiger partial charge on any atom is -0.465 e. The van der Waals surface area contributed by atoms with Crippen LogP contribution in [0.5, 0.6) is 0 Å². The van der Waals surface area contributed by atoms with E-state index in [2.05, 4.69) is 38.2 Å². The monoisotopic (exact) mass is 572 g/mol. The number of esters is 1. The number of ether oxygens (including phenoxy) is 1. The first-order chi connectivity index (χ1) is 16.4. The second-order valence-corrected chi connectivity index (χ2v) is 9.02. The molecule has 34 heavy (non-hydrogen) atoms. The van der Waals surface area contributed by atoms with Gasteiger partial charge >= 0.3 is 5.97 Å². The SMILES string of the molecule is CCOC(=O)C(CNC(=O)c1ccc(CCc2cccc(N)n2)cc1)NCc1ccc(I)cc1. The third-order valence-corrected chi connectivity index (χ3v) is 5.94. The van der Waals surface area contributed by atoms with Crippen LogP contribution in [0.25, 0.3) is 0 Å². The molecule has 2 aromatic carbocycles. The average molecular weight is 572 g/mol. The number of anilines is 1. The molecule has 0 aliphatic heterocycles. The summed E-state index contributed by atoms with van der Waals surface area (Å²) in [5, 5.41) is 6.03. The Morgan fingerprint density at radius 1 is 1.00 bits per heavy atom. The molecule has 1 unspecified atom stereocenters. The molecule has 7 nitrogen and oxygen atoms in total. The van der Waals surface area contributed by atoms with Crippen LogP contribution in [0.4, 0.5) is 5.82 Å². The number of amides is 1. The number of hydrogen-bond donors (Lipinski definition) is 3. The Labute approximate surface area is 213 Å². The Morgan fingerprint density at radius 2 is 1.71 bits per heavy atom. The van der Waals surface area contributed by atoms with Crippen molar-refractivity contribution in [2.45, 2.75) is 32.4 Å². The molecule has 0 aliphatic rings. The number of pyridine rings is 1. The van der Waals surface area contributed by atoms with Gasteiger partial charge in [0.05, 0.1) is 6.61 Å². The van der Waals surface area contributed by atoms with Gasteiger partial charge in [-0.25, -0.2) is 4.98 Å². The zero-order valence-corrected chi connectivity index (χ0v) is 21.2. The fourth-order valence-electron chi connectivity index (χ4n) is 3.35. The van der Waals surface area contributed by atoms with Crippen molar-refractivity contribution in [1.29, 1.82) is 0 Å². The number of hydrogen-bond acceptors (Lipinski definition) is 6. The maximum absolute atomic E-state index is 12.7. The van der Waals surface area contributed by atoms with Gasteiger partial charge in [-0.2, -0.15) is 0 Å². The minimum absolute atomic E-state index is 0.130. The van der Waals surface area contributed by atoms with Gasteiger partial charge in [-0.05, 0) is 89.9 Å². The summed E-state index contributed by atoms with van der Waals surface area (Å²) in [6.07, 6.45) is 1.57. The van der Waals surface area contributed by atoms with Crippen LogP contribution < -0.4 is 16.4 Å². The van der Waals surface area contributed by atoms with Crippen LogP contribution in [0.1, 0.15) is 34.1 Å². The highest BCUT2D eigenvalue weighted by Crippen LogP contribution is 2.10. The highest BCUT2D eigenvalue weighted by atomic mass is 127. The smallest absolute Gasteiger partial charge is 0.324 e. The largest absolute Gasteiger partial charge is 0.465 e. The van der Waals surface area contributed by atoms with Crippen LogP contribution in [0.2, 0.25) is 0 Å². The van der Waals surface area contributed by atoms with Crippen molar-refractivity contribution in [3.63, 3.8) is 0 Å². The Bertz CT molecular complexity index is 1090. The van der Waals surface area contributed by atoms with E-state index in [1.54, 1.807) is 25.1 Å². The lowest BCUT2D eigenvalue weighted by Crippen LogP contribution is -2.46. The molecule has 0 spiro atoms. The number of nitrogens with zero attached hydrogens (tertiary/aromatic N) is 1. The maximum atomic E-state index is 12.7. The number of nitrogen functional groups attached to an aromatic ring is 1. The molecular formula is C26H29IN4O3. The van der Waals surface area contributed by atoms with Crippen molar-refractivity contribution in [2.75, 3.05) is 18.9 Å². The quantitative estimate of drug-likeness (QED) is 0.240. The number of benzene rings is 2. The second kappa shape index (κ2) is 13.0. The summed E-state index contributed by atoms with van der Waals surface area (Å²) >= 11 is 2.25. The molecule has 0 aliphatic carbocycles. The number of nitrogens with two attached hydrogens (primary N) is 1. The summed E-state index contributed by atoms with van der Waals surface area (Å²) in [6.45, 7) is 2.66. The number of carbonyl (C=O) groups is 2. The fourth-order valence-corrected chi connectivity index (χ4v) is 3.71. The number of nitrogens with one attached hydrogen (secondary N) is 2. The third kappa shape index (κ3) is 8.11. The molecule has 1 aromatic heterocycles. The van der Waals surface area contributed by atoms with E-state index < -0.39 is 6.04 Å². The normalized spacial score (nSPS) is 11.6. The van der Waals surface area contributed by atoms with Crippen molar-refractivity contribution < 1.29 is 14.3 Å². The van der Waals surface area contributed by atoms with Gasteiger partial charge in [-0.3, -0.25) is 14.9 Å². The molecule has 4 N–H and O–H groups in total. The molecule has 0 bridgehead atoms. The molecule has 0 radical (unpaired) electrons. The highest BCUT2D eigenvalue weighted by molar-refractivity contribution is 14.1. The van der Waals surface area contributed by atoms with E-state index in [0.29, 0.717) is 17.9 Å². The number of carbonyl (C=O) groups excluding carboxylic acids is 2. The first-order valence-electron chi connectivity index (χ1n) is 11.2. The Morgan fingerprint density at radius 3 is 2.38 bits per heavy atom. The van der Waals surface area contributed by atoms with Gasteiger partial charge in [0.2, 0.25) is 0 Å². The summed E-state index contributed by atoms with van der Waals surface area (Å²) < 4.78 is 6.31. The van der Waals surface area contributed by atoms with Gasteiger partial charge in [0.1, 0.15) is 11.9 Å². The molecule has 0 saturated heterocycles. The molecule has 1 amide bonds. The van der Waals surface area contributed by atoms with Crippen LogP contribution >= 0.6 is 22.6 Å². The van der Waals surface area contributed by atoms with Crippen molar-refractivity contribution in [2.24, 2.45) is 0 Å². The van der Waals surface area contributed by atoms with Crippen molar-refractivity contribution in [3.8, 4) is 0 Å². The van der Waals surface area contributed by atoms with Gasteiger partial charge in [-0.1, -0.05) is 30.3 Å². The zero-order valence-electron chi connectivity index (χ0n) is 19.1. The highest BCUT2D eigenvalue weighted by Gasteiger charge is 2.20. The van der Waals surface area contributed by atoms with Crippen LogP contribution in [-0.2, 0) is 28.9 Å². The fraction of sp³-hybridized carbons (Fsp3) is 0.269. The van der Waals surface area contributed by atoms with Crippen LogP contribution in [0.15, 0.2) is 66.7 Å². The molecule has 178 valence electrons. The number of aromatic nitrogens is 1. The van der Waals surface area contributed by atoms with Crippen LogP contribution in [0.3, 0.4) is 0 Å². The summed E-state index contributed by atoms with van der Waals surface area (Å²) in [5.74, 6) is -0.119. The Hall–Kier alpha value is -2.98.